The van der Waals surface area contributed by atoms with Gasteiger partial charge in [-0.3, -0.25) is 9.69 Å². The molecule has 1 amide bonds. The topological polar surface area (TPSA) is 58.4 Å². The SMILES string of the molecule is Cc1noc(C)c1CN1CCCC1C(=O)NC1CC1. The van der Waals surface area contributed by atoms with Crippen LogP contribution in [0.5, 0.6) is 0 Å². The second-order valence-electron chi connectivity index (χ2n) is 5.71. The van der Waals surface area contributed by atoms with Crippen molar-refractivity contribution in [2.45, 2.75) is 58.2 Å². The molecule has 1 saturated carbocycles. The van der Waals surface area contributed by atoms with Gasteiger partial charge in [-0.05, 0) is 46.1 Å². The number of carbonyl (C=O) groups excluding carboxylic acids is 1. The standard InChI is InChI=1S/C14H21N3O2/c1-9-12(10(2)19-16-9)8-17-7-3-4-13(17)14(18)15-11-5-6-11/h11,13H,3-8H2,1-2H3,(H,15,18). The Labute approximate surface area is 113 Å². The minimum atomic E-state index is 0.0225. The summed E-state index contributed by atoms with van der Waals surface area (Å²) in [7, 11) is 0. The van der Waals surface area contributed by atoms with Gasteiger partial charge in [-0.1, -0.05) is 5.16 Å². The number of nitrogens with zero attached hydrogens (tertiary/aromatic N) is 2. The lowest BCUT2D eigenvalue weighted by Crippen LogP contribution is -2.43. The second kappa shape index (κ2) is 4.96. The van der Waals surface area contributed by atoms with E-state index in [4.69, 9.17) is 4.52 Å². The molecule has 1 saturated heterocycles. The Balaban J connectivity index is 1.67. The average molecular weight is 263 g/mol. The highest BCUT2D eigenvalue weighted by Crippen LogP contribution is 2.25. The summed E-state index contributed by atoms with van der Waals surface area (Å²) < 4.78 is 5.20. The fraction of sp³-hybridized carbons (Fsp3) is 0.714. The van der Waals surface area contributed by atoms with Gasteiger partial charge < -0.3 is 9.84 Å². The molecule has 1 aromatic rings. The molecule has 0 bridgehead atoms. The smallest absolute Gasteiger partial charge is 0.237 e. The van der Waals surface area contributed by atoms with Crippen LogP contribution >= 0.6 is 0 Å². The zero-order chi connectivity index (χ0) is 13.4. The molecule has 5 heteroatoms. The lowest BCUT2D eigenvalue weighted by atomic mass is 10.1. The van der Waals surface area contributed by atoms with E-state index in [1.165, 1.54) is 0 Å². The second-order valence-corrected chi connectivity index (χ2v) is 5.71. The molecule has 2 heterocycles. The van der Waals surface area contributed by atoms with E-state index in [2.05, 4.69) is 15.4 Å². The van der Waals surface area contributed by atoms with Crippen molar-refractivity contribution in [2.75, 3.05) is 6.54 Å². The monoisotopic (exact) mass is 263 g/mol. The molecule has 19 heavy (non-hydrogen) atoms. The Bertz CT molecular complexity index is 460. The summed E-state index contributed by atoms with van der Waals surface area (Å²) in [4.78, 5) is 14.5. The van der Waals surface area contributed by atoms with Crippen LogP contribution in [0.25, 0.3) is 0 Å². The Kier molecular flexibility index (Phi) is 3.31. The summed E-state index contributed by atoms with van der Waals surface area (Å²) in [6.45, 7) is 5.64. The summed E-state index contributed by atoms with van der Waals surface area (Å²) in [5, 5.41) is 7.10. The highest BCUT2D eigenvalue weighted by atomic mass is 16.5. The number of hydrogen-bond acceptors (Lipinski definition) is 4. The van der Waals surface area contributed by atoms with Crippen LogP contribution < -0.4 is 5.32 Å². The van der Waals surface area contributed by atoms with Crippen LogP contribution in [0.2, 0.25) is 0 Å². The van der Waals surface area contributed by atoms with E-state index in [1.807, 2.05) is 13.8 Å². The molecule has 0 spiro atoms. The predicted octanol–water partition coefficient (Wildman–Crippen LogP) is 1.53. The first-order valence-electron chi connectivity index (χ1n) is 7.11. The van der Waals surface area contributed by atoms with Crippen molar-refractivity contribution in [3.05, 3.63) is 17.0 Å². The van der Waals surface area contributed by atoms with Gasteiger partial charge in [0, 0.05) is 18.2 Å². The van der Waals surface area contributed by atoms with Crippen molar-refractivity contribution < 1.29 is 9.32 Å². The van der Waals surface area contributed by atoms with Gasteiger partial charge in [0.15, 0.2) is 0 Å². The Hall–Kier alpha value is -1.36. The predicted molar refractivity (Wildman–Crippen MR) is 70.6 cm³/mol. The highest BCUT2D eigenvalue weighted by Gasteiger charge is 2.34. The summed E-state index contributed by atoms with van der Waals surface area (Å²) in [5.41, 5.74) is 2.07. The van der Waals surface area contributed by atoms with Crippen molar-refractivity contribution in [3.8, 4) is 0 Å². The van der Waals surface area contributed by atoms with Gasteiger partial charge in [0.2, 0.25) is 5.91 Å². The van der Waals surface area contributed by atoms with Crippen LogP contribution in [0.3, 0.4) is 0 Å². The third-order valence-electron chi connectivity index (χ3n) is 4.13. The van der Waals surface area contributed by atoms with Gasteiger partial charge in [-0.15, -0.1) is 0 Å². The Morgan fingerprint density at radius 3 is 2.84 bits per heavy atom. The van der Waals surface area contributed by atoms with E-state index in [0.29, 0.717) is 6.04 Å². The number of nitrogens with one attached hydrogen (secondary N) is 1. The lowest BCUT2D eigenvalue weighted by molar-refractivity contribution is -0.125. The van der Waals surface area contributed by atoms with E-state index in [0.717, 1.165) is 55.8 Å². The minimum Gasteiger partial charge on any atom is -0.361 e. The molecule has 5 nitrogen and oxygen atoms in total. The van der Waals surface area contributed by atoms with E-state index in [9.17, 15) is 4.79 Å². The van der Waals surface area contributed by atoms with E-state index >= 15 is 0 Å². The van der Waals surface area contributed by atoms with Crippen LogP contribution in [0.1, 0.15) is 42.7 Å². The average Bonchev–Trinajstić information content (AvgIpc) is 2.98. The van der Waals surface area contributed by atoms with Gasteiger partial charge in [0.05, 0.1) is 11.7 Å². The van der Waals surface area contributed by atoms with Crippen LogP contribution in [-0.2, 0) is 11.3 Å². The minimum absolute atomic E-state index is 0.0225. The van der Waals surface area contributed by atoms with Crippen LogP contribution in [0, 0.1) is 13.8 Å². The summed E-state index contributed by atoms with van der Waals surface area (Å²) in [6.07, 6.45) is 4.33. The third kappa shape index (κ3) is 2.66. The molecule has 2 aliphatic rings. The summed E-state index contributed by atoms with van der Waals surface area (Å²) in [6, 6.07) is 0.461. The van der Waals surface area contributed by atoms with E-state index < -0.39 is 0 Å². The highest BCUT2D eigenvalue weighted by molar-refractivity contribution is 5.82. The molecule has 104 valence electrons. The first-order chi connectivity index (χ1) is 9.15. The fourth-order valence-corrected chi connectivity index (χ4v) is 2.77. The van der Waals surface area contributed by atoms with Crippen LogP contribution in [0.4, 0.5) is 0 Å². The van der Waals surface area contributed by atoms with Gasteiger partial charge in [0.1, 0.15) is 5.76 Å². The van der Waals surface area contributed by atoms with Crippen molar-refractivity contribution in [1.29, 1.82) is 0 Å². The first-order valence-corrected chi connectivity index (χ1v) is 7.11. The molecule has 3 rings (SSSR count). The van der Waals surface area contributed by atoms with Crippen molar-refractivity contribution in [3.63, 3.8) is 0 Å². The number of hydrogen-bond donors (Lipinski definition) is 1. The zero-order valence-electron chi connectivity index (χ0n) is 11.6. The molecule has 0 aromatic carbocycles. The zero-order valence-corrected chi connectivity index (χ0v) is 11.6. The number of likely N-dealkylation sites (tertiary alicyclic amines) is 1. The molecule has 1 aromatic heterocycles. The first kappa shape index (κ1) is 12.7. The number of amides is 1. The Morgan fingerprint density at radius 2 is 2.21 bits per heavy atom. The molecular formula is C14H21N3O2. The molecule has 0 radical (unpaired) electrons. The summed E-state index contributed by atoms with van der Waals surface area (Å²) >= 11 is 0. The normalized spacial score (nSPS) is 23.8. The van der Waals surface area contributed by atoms with Gasteiger partial charge >= 0.3 is 0 Å². The largest absolute Gasteiger partial charge is 0.361 e. The van der Waals surface area contributed by atoms with Crippen molar-refractivity contribution in [1.82, 2.24) is 15.4 Å². The lowest BCUT2D eigenvalue weighted by Gasteiger charge is -2.23. The molecule has 1 aliphatic carbocycles. The van der Waals surface area contributed by atoms with Gasteiger partial charge in [-0.25, -0.2) is 0 Å². The maximum Gasteiger partial charge on any atom is 0.237 e. The van der Waals surface area contributed by atoms with Crippen molar-refractivity contribution >= 4 is 5.91 Å². The number of rotatable bonds is 4. The maximum atomic E-state index is 12.2. The Morgan fingerprint density at radius 1 is 1.42 bits per heavy atom. The molecule has 2 fully saturated rings. The summed E-state index contributed by atoms with van der Waals surface area (Å²) in [5.74, 6) is 1.07. The van der Waals surface area contributed by atoms with Crippen LogP contribution in [-0.4, -0.2) is 34.6 Å². The van der Waals surface area contributed by atoms with Crippen molar-refractivity contribution in [2.24, 2.45) is 0 Å². The molecule has 1 atom stereocenters. The fourth-order valence-electron chi connectivity index (χ4n) is 2.77. The third-order valence-corrected chi connectivity index (χ3v) is 4.13. The molecule has 1 unspecified atom stereocenters. The van der Waals surface area contributed by atoms with E-state index in [-0.39, 0.29) is 11.9 Å². The van der Waals surface area contributed by atoms with Gasteiger partial charge in [-0.2, -0.15) is 0 Å². The molecular weight excluding hydrogens is 242 g/mol. The quantitative estimate of drug-likeness (QED) is 0.895. The molecule has 1 aliphatic heterocycles. The number of aromatic nitrogens is 1. The molecule has 1 N–H and O–H groups in total. The van der Waals surface area contributed by atoms with Crippen LogP contribution in [0.15, 0.2) is 4.52 Å². The number of carbonyl (C=O) groups is 1. The maximum absolute atomic E-state index is 12.2. The van der Waals surface area contributed by atoms with Gasteiger partial charge in [0.25, 0.3) is 0 Å². The number of aryl methyl sites for hydroxylation is 2. The van der Waals surface area contributed by atoms with E-state index in [1.54, 1.807) is 0 Å².